The summed E-state index contributed by atoms with van der Waals surface area (Å²) < 4.78 is 11.9. The van der Waals surface area contributed by atoms with Gasteiger partial charge < -0.3 is 9.47 Å². The van der Waals surface area contributed by atoms with Gasteiger partial charge in [-0.2, -0.15) is 0 Å². The Labute approximate surface area is 152 Å². The molecule has 0 saturated carbocycles. The molecule has 2 aromatic rings. The van der Waals surface area contributed by atoms with Crippen LogP contribution in [0.3, 0.4) is 0 Å². The zero-order valence-corrected chi connectivity index (χ0v) is 15.7. The molecule has 0 spiro atoms. The first-order valence-electron chi connectivity index (χ1n) is 7.81. The number of hydrogen-bond donors (Lipinski definition) is 1. The number of benzene rings is 1. The molecule has 1 amide bonds. The fourth-order valence-corrected chi connectivity index (χ4v) is 3.75. The highest BCUT2D eigenvalue weighted by Crippen LogP contribution is 2.32. The molecule has 1 atom stereocenters. The maximum atomic E-state index is 12.0. The van der Waals surface area contributed by atoms with E-state index in [1.165, 1.54) is 16.9 Å². The van der Waals surface area contributed by atoms with Crippen molar-refractivity contribution in [1.82, 2.24) is 10.2 Å². The van der Waals surface area contributed by atoms with E-state index in [4.69, 9.17) is 9.47 Å². The number of aromatic nitrogens is 2. The lowest BCUT2D eigenvalue weighted by atomic mass is 10.2. The SMILES string of the molecule is CCc1ccc(OCC(=O)Nc2nnc(C3CCCO3)s2)c(Br)c1. The molecule has 0 aliphatic carbocycles. The molecular weight excluding hydrogens is 394 g/mol. The summed E-state index contributed by atoms with van der Waals surface area (Å²) in [6.07, 6.45) is 2.94. The zero-order valence-electron chi connectivity index (χ0n) is 13.3. The second kappa shape index (κ2) is 8.04. The Hall–Kier alpha value is -1.51. The maximum absolute atomic E-state index is 12.0. The van der Waals surface area contributed by atoms with Gasteiger partial charge in [-0.25, -0.2) is 0 Å². The quantitative estimate of drug-likeness (QED) is 0.783. The van der Waals surface area contributed by atoms with Crippen molar-refractivity contribution in [3.05, 3.63) is 33.2 Å². The van der Waals surface area contributed by atoms with Crippen LogP contribution in [0.25, 0.3) is 0 Å². The molecule has 1 N–H and O–H groups in total. The van der Waals surface area contributed by atoms with Crippen molar-refractivity contribution in [3.63, 3.8) is 0 Å². The van der Waals surface area contributed by atoms with Crippen LogP contribution >= 0.6 is 27.3 Å². The van der Waals surface area contributed by atoms with E-state index in [2.05, 4.69) is 38.4 Å². The third-order valence-corrected chi connectivity index (χ3v) is 5.21. The van der Waals surface area contributed by atoms with E-state index in [1.807, 2.05) is 18.2 Å². The van der Waals surface area contributed by atoms with E-state index in [0.29, 0.717) is 10.9 Å². The number of anilines is 1. The molecule has 2 heterocycles. The normalized spacial score (nSPS) is 17.0. The Bertz CT molecular complexity index is 716. The fraction of sp³-hybridized carbons (Fsp3) is 0.438. The third-order valence-electron chi connectivity index (χ3n) is 3.66. The van der Waals surface area contributed by atoms with Gasteiger partial charge in [0, 0.05) is 6.61 Å². The molecular formula is C16H18BrN3O3S. The van der Waals surface area contributed by atoms with E-state index in [9.17, 15) is 4.79 Å². The number of rotatable bonds is 6. The molecule has 1 saturated heterocycles. The van der Waals surface area contributed by atoms with Gasteiger partial charge in [-0.3, -0.25) is 10.1 Å². The molecule has 8 heteroatoms. The van der Waals surface area contributed by atoms with Crippen molar-refractivity contribution < 1.29 is 14.3 Å². The second-order valence-electron chi connectivity index (χ2n) is 5.40. The lowest BCUT2D eigenvalue weighted by Crippen LogP contribution is -2.20. The van der Waals surface area contributed by atoms with Crippen molar-refractivity contribution in [1.29, 1.82) is 0 Å². The summed E-state index contributed by atoms with van der Waals surface area (Å²) in [6, 6.07) is 5.83. The minimum atomic E-state index is -0.267. The first-order chi connectivity index (χ1) is 11.7. The summed E-state index contributed by atoms with van der Waals surface area (Å²) in [5.74, 6) is 0.371. The van der Waals surface area contributed by atoms with Gasteiger partial charge in [-0.15, -0.1) is 10.2 Å². The average molecular weight is 412 g/mol. The summed E-state index contributed by atoms with van der Waals surface area (Å²) >= 11 is 4.80. The molecule has 6 nitrogen and oxygen atoms in total. The Kier molecular flexibility index (Phi) is 5.80. The van der Waals surface area contributed by atoms with Crippen molar-refractivity contribution in [2.24, 2.45) is 0 Å². The van der Waals surface area contributed by atoms with Crippen molar-refractivity contribution in [3.8, 4) is 5.75 Å². The third kappa shape index (κ3) is 4.31. The van der Waals surface area contributed by atoms with Gasteiger partial charge >= 0.3 is 0 Å². The van der Waals surface area contributed by atoms with Crippen LogP contribution in [0.5, 0.6) is 5.75 Å². The van der Waals surface area contributed by atoms with Crippen molar-refractivity contribution in [2.75, 3.05) is 18.5 Å². The average Bonchev–Trinajstić information content (AvgIpc) is 3.24. The maximum Gasteiger partial charge on any atom is 0.264 e. The molecule has 1 fully saturated rings. The number of nitrogens with zero attached hydrogens (tertiary/aromatic N) is 2. The number of amides is 1. The predicted octanol–water partition coefficient (Wildman–Crippen LogP) is 3.73. The van der Waals surface area contributed by atoms with Crippen molar-refractivity contribution >= 4 is 38.3 Å². The number of aryl methyl sites for hydroxylation is 1. The van der Waals surface area contributed by atoms with Crippen LogP contribution in [0, 0.1) is 0 Å². The molecule has 0 bridgehead atoms. The molecule has 1 aromatic carbocycles. The summed E-state index contributed by atoms with van der Waals surface area (Å²) in [5.41, 5.74) is 1.20. The minimum Gasteiger partial charge on any atom is -0.483 e. The van der Waals surface area contributed by atoms with Gasteiger partial charge in [0.1, 0.15) is 16.9 Å². The minimum absolute atomic E-state index is 0.0115. The number of halogens is 1. The predicted molar refractivity (Wildman–Crippen MR) is 95.5 cm³/mol. The molecule has 24 heavy (non-hydrogen) atoms. The van der Waals surface area contributed by atoms with Gasteiger partial charge in [-0.05, 0) is 52.9 Å². The van der Waals surface area contributed by atoms with Crippen LogP contribution in [-0.4, -0.2) is 29.3 Å². The Morgan fingerprint density at radius 1 is 1.50 bits per heavy atom. The van der Waals surface area contributed by atoms with Crippen molar-refractivity contribution in [2.45, 2.75) is 32.3 Å². The fourth-order valence-electron chi connectivity index (χ4n) is 2.37. The Morgan fingerprint density at radius 2 is 2.38 bits per heavy atom. The number of ether oxygens (including phenoxy) is 2. The highest BCUT2D eigenvalue weighted by molar-refractivity contribution is 9.10. The highest BCUT2D eigenvalue weighted by atomic mass is 79.9. The lowest BCUT2D eigenvalue weighted by molar-refractivity contribution is -0.118. The molecule has 3 rings (SSSR count). The Morgan fingerprint density at radius 3 is 3.08 bits per heavy atom. The number of hydrogen-bond acceptors (Lipinski definition) is 6. The lowest BCUT2D eigenvalue weighted by Gasteiger charge is -2.08. The van der Waals surface area contributed by atoms with E-state index >= 15 is 0 Å². The molecule has 128 valence electrons. The van der Waals surface area contributed by atoms with E-state index in [0.717, 1.165) is 35.3 Å². The molecule has 1 aliphatic rings. The van der Waals surface area contributed by atoms with Gasteiger partial charge in [0.15, 0.2) is 6.61 Å². The number of carbonyl (C=O) groups excluding carboxylic acids is 1. The van der Waals surface area contributed by atoms with Crippen LogP contribution in [0.15, 0.2) is 22.7 Å². The van der Waals surface area contributed by atoms with E-state index in [1.54, 1.807) is 0 Å². The molecule has 1 unspecified atom stereocenters. The summed E-state index contributed by atoms with van der Waals surface area (Å²) in [7, 11) is 0. The highest BCUT2D eigenvalue weighted by Gasteiger charge is 2.22. The van der Waals surface area contributed by atoms with E-state index < -0.39 is 0 Å². The number of nitrogens with one attached hydrogen (secondary N) is 1. The van der Waals surface area contributed by atoms with Gasteiger partial charge in [0.25, 0.3) is 5.91 Å². The Balaban J connectivity index is 1.52. The first-order valence-corrected chi connectivity index (χ1v) is 9.42. The molecule has 1 aromatic heterocycles. The topological polar surface area (TPSA) is 73.3 Å². The second-order valence-corrected chi connectivity index (χ2v) is 7.27. The van der Waals surface area contributed by atoms with Crippen LogP contribution in [0.2, 0.25) is 0 Å². The van der Waals surface area contributed by atoms with Crippen LogP contribution < -0.4 is 10.1 Å². The smallest absolute Gasteiger partial charge is 0.264 e. The van der Waals surface area contributed by atoms with Gasteiger partial charge in [0.2, 0.25) is 5.13 Å². The molecule has 0 radical (unpaired) electrons. The summed E-state index contributed by atoms with van der Waals surface area (Å²) in [4.78, 5) is 12.0. The first kappa shape index (κ1) is 17.3. The van der Waals surface area contributed by atoms with Gasteiger partial charge in [-0.1, -0.05) is 24.3 Å². The number of carbonyl (C=O) groups is 1. The zero-order chi connectivity index (χ0) is 16.9. The largest absolute Gasteiger partial charge is 0.483 e. The standard InChI is InChI=1S/C16H18BrN3O3S/c1-2-10-5-6-12(11(17)8-10)23-9-14(21)18-16-20-19-15(24-16)13-4-3-7-22-13/h5-6,8,13H,2-4,7,9H2,1H3,(H,18,20,21). The van der Waals surface area contributed by atoms with E-state index in [-0.39, 0.29) is 18.6 Å². The van der Waals surface area contributed by atoms with Crippen LogP contribution in [0.4, 0.5) is 5.13 Å². The summed E-state index contributed by atoms with van der Waals surface area (Å²) in [5, 5.41) is 12.1. The van der Waals surface area contributed by atoms with Gasteiger partial charge in [0.05, 0.1) is 4.47 Å². The van der Waals surface area contributed by atoms with Crippen LogP contribution in [-0.2, 0) is 16.0 Å². The summed E-state index contributed by atoms with van der Waals surface area (Å²) in [6.45, 7) is 2.76. The monoisotopic (exact) mass is 411 g/mol. The van der Waals surface area contributed by atoms with Crippen LogP contribution in [0.1, 0.15) is 36.4 Å². The molecule has 1 aliphatic heterocycles.